The fraction of sp³-hybridized carbons (Fsp3) is 0.250. The van der Waals surface area contributed by atoms with Gasteiger partial charge in [-0.05, 0) is 49.7 Å². The highest BCUT2D eigenvalue weighted by Gasteiger charge is 2.53. The second kappa shape index (κ2) is 8.08. The number of imidazole rings is 1. The van der Waals surface area contributed by atoms with Crippen LogP contribution in [-0.2, 0) is 16.6 Å². The van der Waals surface area contributed by atoms with Gasteiger partial charge >= 0.3 is 0 Å². The van der Waals surface area contributed by atoms with Crippen LogP contribution in [0.4, 0.5) is 11.4 Å². The van der Waals surface area contributed by atoms with E-state index in [1.165, 1.54) is 16.7 Å². The molecule has 1 N–H and O–H groups in total. The number of nitrogens with zero attached hydrogens (tertiary/aromatic N) is 4. The molecule has 0 spiro atoms. The summed E-state index contributed by atoms with van der Waals surface area (Å²) < 4.78 is 1.94. The maximum absolute atomic E-state index is 13.3. The van der Waals surface area contributed by atoms with Gasteiger partial charge in [0, 0.05) is 36.4 Å². The molecule has 3 heterocycles. The number of hydrogen-bond donors (Lipinski definition) is 1. The molecule has 0 bridgehead atoms. The molecule has 2 aliphatic heterocycles. The number of para-hydroxylation sites is 1. The third-order valence-corrected chi connectivity index (χ3v) is 7.26. The van der Waals surface area contributed by atoms with E-state index in [-0.39, 0.29) is 24.3 Å². The van der Waals surface area contributed by atoms with Crippen molar-refractivity contribution in [2.45, 2.75) is 35.5 Å². The highest BCUT2D eigenvalue weighted by atomic mass is 32.2. The van der Waals surface area contributed by atoms with E-state index < -0.39 is 5.66 Å². The van der Waals surface area contributed by atoms with E-state index in [9.17, 15) is 14.4 Å². The number of anilines is 2. The van der Waals surface area contributed by atoms with Crippen LogP contribution in [0.25, 0.3) is 0 Å². The monoisotopic (exact) mass is 461 g/mol. The van der Waals surface area contributed by atoms with Crippen LogP contribution in [0.1, 0.15) is 30.1 Å². The van der Waals surface area contributed by atoms with Gasteiger partial charge in [-0.3, -0.25) is 19.3 Å². The number of hydrogen-bond acceptors (Lipinski definition) is 5. The van der Waals surface area contributed by atoms with Gasteiger partial charge in [0.05, 0.1) is 11.3 Å². The minimum Gasteiger partial charge on any atom is -0.329 e. The third-order valence-electron chi connectivity index (χ3n) is 6.17. The molecule has 3 aromatic rings. The summed E-state index contributed by atoms with van der Waals surface area (Å²) in [6.07, 6.45) is 4.46. The molecular formula is C24H23N5O3S. The quantitative estimate of drug-likeness (QED) is 0.628. The van der Waals surface area contributed by atoms with E-state index >= 15 is 0 Å². The minimum atomic E-state index is -0.859. The molecule has 5 rings (SSSR count). The zero-order valence-electron chi connectivity index (χ0n) is 18.3. The van der Waals surface area contributed by atoms with Crippen molar-refractivity contribution in [3.8, 4) is 0 Å². The first-order valence-corrected chi connectivity index (χ1v) is 11.5. The molecule has 1 saturated heterocycles. The minimum absolute atomic E-state index is 0.0383. The van der Waals surface area contributed by atoms with Gasteiger partial charge in [0.15, 0.2) is 5.16 Å². The van der Waals surface area contributed by atoms with Gasteiger partial charge in [-0.15, -0.1) is 0 Å². The zero-order valence-corrected chi connectivity index (χ0v) is 19.1. The Labute approximate surface area is 195 Å². The molecule has 9 heteroatoms. The number of nitrogens with one attached hydrogen (secondary N) is 1. The molecule has 1 fully saturated rings. The van der Waals surface area contributed by atoms with Gasteiger partial charge in [0.1, 0.15) is 12.2 Å². The van der Waals surface area contributed by atoms with Crippen LogP contribution in [0, 0.1) is 0 Å². The average Bonchev–Trinajstić information content (AvgIpc) is 3.35. The average molecular weight is 462 g/mol. The molecule has 1 atom stereocenters. The lowest BCUT2D eigenvalue weighted by molar-refractivity contribution is -0.120. The van der Waals surface area contributed by atoms with Crippen LogP contribution in [-0.4, -0.2) is 44.4 Å². The largest absolute Gasteiger partial charge is 0.329 e. The molecular weight excluding hydrogens is 438 g/mol. The lowest BCUT2D eigenvalue weighted by Gasteiger charge is -2.48. The van der Waals surface area contributed by atoms with E-state index in [2.05, 4.69) is 10.3 Å². The Morgan fingerprint density at radius 3 is 2.64 bits per heavy atom. The number of carbonyl (C=O) groups excluding carboxylic acids is 3. The molecule has 33 heavy (non-hydrogen) atoms. The zero-order chi connectivity index (χ0) is 23.2. The molecule has 3 amide bonds. The molecule has 8 nitrogen and oxygen atoms in total. The molecule has 0 aliphatic carbocycles. The van der Waals surface area contributed by atoms with E-state index in [1.807, 2.05) is 55.1 Å². The van der Waals surface area contributed by atoms with Gasteiger partial charge in [-0.1, -0.05) is 23.9 Å². The molecule has 1 aromatic heterocycles. The first kappa shape index (κ1) is 21.3. The number of amides is 3. The maximum Gasteiger partial charge on any atom is 0.258 e. The fourth-order valence-corrected chi connectivity index (χ4v) is 5.25. The molecule has 0 saturated carbocycles. The van der Waals surface area contributed by atoms with Crippen molar-refractivity contribution in [1.82, 2.24) is 14.5 Å². The van der Waals surface area contributed by atoms with Crippen molar-refractivity contribution in [1.29, 1.82) is 0 Å². The first-order chi connectivity index (χ1) is 15.9. The van der Waals surface area contributed by atoms with E-state index in [1.54, 1.807) is 29.3 Å². The second-order valence-electron chi connectivity index (χ2n) is 8.35. The number of aromatic nitrogens is 2. The van der Waals surface area contributed by atoms with Crippen molar-refractivity contribution < 1.29 is 14.4 Å². The standard InChI is InChI=1S/C24H23N5O3S/c1-24-12-11-21(31)29(24)19-6-4-3-5-18(19)22(32)28(24)15-20(30)26-16-7-9-17(10-8-16)33-23-25-13-14-27(23)2/h3-10,13-14H,11-12,15H2,1-2H3,(H,26,30). The van der Waals surface area contributed by atoms with Crippen LogP contribution in [0.15, 0.2) is 71.0 Å². The van der Waals surface area contributed by atoms with Crippen molar-refractivity contribution in [3.05, 3.63) is 66.5 Å². The summed E-state index contributed by atoms with van der Waals surface area (Å²) in [5.74, 6) is -0.590. The van der Waals surface area contributed by atoms with Crippen LogP contribution < -0.4 is 10.2 Å². The Bertz CT molecular complexity index is 1250. The first-order valence-electron chi connectivity index (χ1n) is 10.7. The molecule has 0 radical (unpaired) electrons. The molecule has 168 valence electrons. The third kappa shape index (κ3) is 3.68. The molecule has 2 aliphatic rings. The second-order valence-corrected chi connectivity index (χ2v) is 9.39. The van der Waals surface area contributed by atoms with Crippen molar-refractivity contribution in [3.63, 3.8) is 0 Å². The summed E-state index contributed by atoms with van der Waals surface area (Å²) in [5.41, 5.74) is 0.833. The van der Waals surface area contributed by atoms with Crippen molar-refractivity contribution in [2.75, 3.05) is 16.8 Å². The van der Waals surface area contributed by atoms with Crippen molar-refractivity contribution >= 4 is 40.9 Å². The lowest BCUT2D eigenvalue weighted by atomic mass is 9.98. The highest BCUT2D eigenvalue weighted by Crippen LogP contribution is 2.43. The number of fused-ring (bicyclic) bond motifs is 3. The van der Waals surface area contributed by atoms with Crippen LogP contribution in [0.5, 0.6) is 0 Å². The summed E-state index contributed by atoms with van der Waals surface area (Å²) in [6, 6.07) is 14.5. The van der Waals surface area contributed by atoms with Gasteiger partial charge in [0.2, 0.25) is 11.8 Å². The number of benzene rings is 2. The smallest absolute Gasteiger partial charge is 0.258 e. The van der Waals surface area contributed by atoms with Crippen LogP contribution in [0.3, 0.4) is 0 Å². The van der Waals surface area contributed by atoms with E-state index in [0.29, 0.717) is 29.8 Å². The Morgan fingerprint density at radius 2 is 1.91 bits per heavy atom. The van der Waals surface area contributed by atoms with Gasteiger partial charge in [-0.2, -0.15) is 0 Å². The van der Waals surface area contributed by atoms with Gasteiger partial charge in [-0.25, -0.2) is 4.98 Å². The Hall–Kier alpha value is -3.59. The fourth-order valence-electron chi connectivity index (χ4n) is 4.45. The predicted octanol–water partition coefficient (Wildman–Crippen LogP) is 3.51. The summed E-state index contributed by atoms with van der Waals surface area (Å²) in [6.45, 7) is 1.71. The van der Waals surface area contributed by atoms with E-state index in [4.69, 9.17) is 0 Å². The lowest BCUT2D eigenvalue weighted by Crippen LogP contribution is -2.63. The summed E-state index contributed by atoms with van der Waals surface area (Å²) >= 11 is 1.53. The molecule has 2 aromatic carbocycles. The van der Waals surface area contributed by atoms with Crippen LogP contribution >= 0.6 is 11.8 Å². The Morgan fingerprint density at radius 1 is 1.15 bits per heavy atom. The maximum atomic E-state index is 13.3. The van der Waals surface area contributed by atoms with E-state index in [0.717, 1.165) is 10.1 Å². The topological polar surface area (TPSA) is 87.5 Å². The number of rotatable bonds is 5. The van der Waals surface area contributed by atoms with Crippen LogP contribution in [0.2, 0.25) is 0 Å². The molecule has 1 unspecified atom stereocenters. The van der Waals surface area contributed by atoms with Gasteiger partial charge in [0.25, 0.3) is 5.91 Å². The van der Waals surface area contributed by atoms with Gasteiger partial charge < -0.3 is 14.8 Å². The summed E-state index contributed by atoms with van der Waals surface area (Å²) in [4.78, 5) is 47.3. The predicted molar refractivity (Wildman–Crippen MR) is 125 cm³/mol. The normalized spacial score (nSPS) is 19.5. The Balaban J connectivity index is 1.32. The van der Waals surface area contributed by atoms with Crippen molar-refractivity contribution in [2.24, 2.45) is 7.05 Å². The number of aryl methyl sites for hydroxylation is 1. The number of carbonyl (C=O) groups is 3. The summed E-state index contributed by atoms with van der Waals surface area (Å²) in [5, 5.41) is 3.75. The Kier molecular flexibility index (Phi) is 5.20. The summed E-state index contributed by atoms with van der Waals surface area (Å²) in [7, 11) is 1.93. The SMILES string of the molecule is Cn1ccnc1Sc1ccc(NC(=O)CN2C(=O)c3ccccc3N3C(=O)CCC23C)cc1. The highest BCUT2D eigenvalue weighted by molar-refractivity contribution is 7.99.